The molecule has 6 heteroatoms. The Labute approximate surface area is 169 Å². The molecule has 0 bridgehead atoms. The largest absolute Gasteiger partial charge is 0.349 e. The number of rotatable bonds is 6. The summed E-state index contributed by atoms with van der Waals surface area (Å²) in [5.41, 5.74) is 4.83. The number of benzene rings is 2. The molecule has 2 aromatic carbocycles. The van der Waals surface area contributed by atoms with Crippen molar-refractivity contribution in [3.8, 4) is 11.4 Å². The Morgan fingerprint density at radius 3 is 2.89 bits per heavy atom. The average Bonchev–Trinajstić information content (AvgIpc) is 3.30. The minimum absolute atomic E-state index is 0.0365. The highest BCUT2D eigenvalue weighted by atomic mass is 32.2. The number of nitrogens with one attached hydrogen (secondary N) is 1. The van der Waals surface area contributed by atoms with Crippen molar-refractivity contribution in [2.24, 2.45) is 0 Å². The molecule has 1 aromatic heterocycles. The molecule has 28 heavy (non-hydrogen) atoms. The first-order chi connectivity index (χ1) is 13.7. The van der Waals surface area contributed by atoms with Gasteiger partial charge in [-0.15, -0.1) is 10.2 Å². The number of hydrogen-bond donors (Lipinski definition) is 1. The third-order valence-corrected chi connectivity index (χ3v) is 6.08. The Balaban J connectivity index is 1.42. The number of fused-ring (bicyclic) bond motifs is 1. The molecule has 0 fully saturated rings. The molecular weight excluding hydrogens is 368 g/mol. The maximum Gasteiger partial charge on any atom is 0.230 e. The molecule has 5 nitrogen and oxygen atoms in total. The van der Waals surface area contributed by atoms with Gasteiger partial charge in [-0.2, -0.15) is 0 Å². The van der Waals surface area contributed by atoms with Crippen LogP contribution in [0.3, 0.4) is 0 Å². The van der Waals surface area contributed by atoms with E-state index in [1.54, 1.807) is 0 Å². The van der Waals surface area contributed by atoms with Crippen LogP contribution in [0, 0.1) is 6.92 Å². The number of carbonyl (C=O) groups excluding carboxylic acids is 1. The van der Waals surface area contributed by atoms with Gasteiger partial charge >= 0.3 is 0 Å². The van der Waals surface area contributed by atoms with E-state index in [9.17, 15) is 4.79 Å². The molecule has 144 valence electrons. The first-order valence-corrected chi connectivity index (χ1v) is 10.6. The summed E-state index contributed by atoms with van der Waals surface area (Å²) in [5.74, 6) is 1.22. The van der Waals surface area contributed by atoms with Crippen molar-refractivity contribution < 1.29 is 4.79 Å². The third-order valence-electron chi connectivity index (χ3n) is 5.11. The summed E-state index contributed by atoms with van der Waals surface area (Å²) in [5, 5.41) is 12.6. The maximum absolute atomic E-state index is 12.5. The Bertz CT molecular complexity index is 998. The summed E-state index contributed by atoms with van der Waals surface area (Å²) in [7, 11) is 0. The molecule has 4 rings (SSSR count). The Morgan fingerprint density at radius 2 is 2.07 bits per heavy atom. The van der Waals surface area contributed by atoms with Crippen LogP contribution < -0.4 is 5.32 Å². The van der Waals surface area contributed by atoms with Gasteiger partial charge in [0.15, 0.2) is 11.0 Å². The lowest BCUT2D eigenvalue weighted by Gasteiger charge is -2.14. The van der Waals surface area contributed by atoms with Gasteiger partial charge in [0, 0.05) is 12.1 Å². The second kappa shape index (κ2) is 8.19. The second-order valence-corrected chi connectivity index (χ2v) is 8.01. The highest BCUT2D eigenvalue weighted by Gasteiger charge is 2.23. The number of amides is 1. The zero-order valence-electron chi connectivity index (χ0n) is 16.2. The SMILES string of the molecule is CCn1c(SCC(=O)NC2CCc3ccccc32)nnc1-c1cccc(C)c1. The number of nitrogens with zero attached hydrogens (tertiary/aromatic N) is 3. The quantitative estimate of drug-likeness (QED) is 0.640. The lowest BCUT2D eigenvalue weighted by molar-refractivity contribution is -0.119. The van der Waals surface area contributed by atoms with Gasteiger partial charge in [0.2, 0.25) is 5.91 Å². The number of thioether (sulfide) groups is 1. The summed E-state index contributed by atoms with van der Waals surface area (Å²) in [6.45, 7) is 4.90. The van der Waals surface area contributed by atoms with E-state index in [2.05, 4.69) is 64.3 Å². The molecule has 0 saturated carbocycles. The zero-order chi connectivity index (χ0) is 19.5. The van der Waals surface area contributed by atoms with Crippen LogP contribution in [0.15, 0.2) is 53.7 Å². The first kappa shape index (κ1) is 18.7. The van der Waals surface area contributed by atoms with Crippen molar-refractivity contribution >= 4 is 17.7 Å². The molecule has 0 radical (unpaired) electrons. The first-order valence-electron chi connectivity index (χ1n) is 9.66. The monoisotopic (exact) mass is 392 g/mol. The minimum atomic E-state index is 0.0365. The van der Waals surface area contributed by atoms with E-state index in [0.29, 0.717) is 5.75 Å². The van der Waals surface area contributed by atoms with Gasteiger partial charge in [0.1, 0.15) is 0 Å². The average molecular weight is 393 g/mol. The second-order valence-electron chi connectivity index (χ2n) is 7.07. The third kappa shape index (κ3) is 3.83. The lowest BCUT2D eigenvalue weighted by Crippen LogP contribution is -2.28. The number of aromatic nitrogens is 3. The van der Waals surface area contributed by atoms with E-state index < -0.39 is 0 Å². The maximum atomic E-state index is 12.5. The Hall–Kier alpha value is -2.60. The van der Waals surface area contributed by atoms with Gasteiger partial charge in [-0.3, -0.25) is 4.79 Å². The van der Waals surface area contributed by atoms with Crippen molar-refractivity contribution in [3.63, 3.8) is 0 Å². The van der Waals surface area contributed by atoms with Crippen LogP contribution in [-0.4, -0.2) is 26.4 Å². The summed E-state index contributed by atoms with van der Waals surface area (Å²) in [6.07, 6.45) is 2.00. The summed E-state index contributed by atoms with van der Waals surface area (Å²) in [6, 6.07) is 16.7. The van der Waals surface area contributed by atoms with E-state index in [-0.39, 0.29) is 11.9 Å². The van der Waals surface area contributed by atoms with Crippen molar-refractivity contribution in [2.75, 3.05) is 5.75 Å². The molecule has 1 amide bonds. The topological polar surface area (TPSA) is 59.8 Å². The van der Waals surface area contributed by atoms with Crippen LogP contribution >= 0.6 is 11.8 Å². The van der Waals surface area contributed by atoms with Gasteiger partial charge in [-0.25, -0.2) is 0 Å². The van der Waals surface area contributed by atoms with Crippen LogP contribution in [0.2, 0.25) is 0 Å². The summed E-state index contributed by atoms with van der Waals surface area (Å²) >= 11 is 1.44. The highest BCUT2D eigenvalue weighted by molar-refractivity contribution is 7.99. The molecule has 1 unspecified atom stereocenters. The lowest BCUT2D eigenvalue weighted by atomic mass is 10.1. The molecule has 3 aromatic rings. The zero-order valence-corrected chi connectivity index (χ0v) is 17.0. The van der Waals surface area contributed by atoms with Crippen molar-refractivity contribution in [3.05, 3.63) is 65.2 Å². The smallest absolute Gasteiger partial charge is 0.230 e. The predicted octanol–water partition coefficient (Wildman–Crippen LogP) is 4.17. The Kier molecular flexibility index (Phi) is 5.48. The van der Waals surface area contributed by atoms with Gasteiger partial charge < -0.3 is 9.88 Å². The van der Waals surface area contributed by atoms with Crippen molar-refractivity contribution in [2.45, 2.75) is 44.4 Å². The molecule has 1 heterocycles. The highest BCUT2D eigenvalue weighted by Crippen LogP contribution is 2.31. The van der Waals surface area contributed by atoms with Crippen molar-refractivity contribution in [1.29, 1.82) is 0 Å². The van der Waals surface area contributed by atoms with E-state index in [4.69, 9.17) is 0 Å². The molecule has 1 aliphatic rings. The summed E-state index contributed by atoms with van der Waals surface area (Å²) in [4.78, 5) is 12.5. The van der Waals surface area contributed by atoms with E-state index >= 15 is 0 Å². The van der Waals surface area contributed by atoms with E-state index in [0.717, 1.165) is 35.9 Å². The normalized spacial score (nSPS) is 15.4. The molecule has 0 aliphatic heterocycles. The molecular formula is C22H24N4OS. The number of carbonyl (C=O) groups is 1. The summed E-state index contributed by atoms with van der Waals surface area (Å²) < 4.78 is 2.07. The van der Waals surface area contributed by atoms with Crippen LogP contribution in [0.1, 0.15) is 36.1 Å². The fourth-order valence-corrected chi connectivity index (χ4v) is 4.56. The molecule has 1 aliphatic carbocycles. The molecule has 1 N–H and O–H groups in total. The molecule has 0 saturated heterocycles. The van der Waals surface area contributed by atoms with Gasteiger partial charge in [0.05, 0.1) is 11.8 Å². The number of hydrogen-bond acceptors (Lipinski definition) is 4. The fraction of sp³-hybridized carbons (Fsp3) is 0.318. The molecule has 1 atom stereocenters. The van der Waals surface area contributed by atoms with E-state index in [1.165, 1.54) is 28.5 Å². The van der Waals surface area contributed by atoms with Crippen molar-refractivity contribution in [1.82, 2.24) is 20.1 Å². The van der Waals surface area contributed by atoms with Crippen LogP contribution in [0.4, 0.5) is 0 Å². The fourth-order valence-electron chi connectivity index (χ4n) is 3.75. The standard InChI is InChI=1S/C22H24N4OS/c1-3-26-21(17-9-6-7-15(2)13-17)24-25-22(26)28-14-20(27)23-19-12-11-16-8-4-5-10-18(16)19/h4-10,13,19H,3,11-12,14H2,1-2H3,(H,23,27). The van der Waals surface area contributed by atoms with E-state index in [1.807, 2.05) is 18.2 Å². The van der Waals surface area contributed by atoms with Gasteiger partial charge in [0.25, 0.3) is 0 Å². The van der Waals surface area contributed by atoms with Crippen LogP contribution in [0.5, 0.6) is 0 Å². The van der Waals surface area contributed by atoms with Crippen LogP contribution in [-0.2, 0) is 17.8 Å². The Morgan fingerprint density at radius 1 is 1.21 bits per heavy atom. The van der Waals surface area contributed by atoms with Gasteiger partial charge in [-0.05, 0) is 43.9 Å². The van der Waals surface area contributed by atoms with Crippen LogP contribution in [0.25, 0.3) is 11.4 Å². The number of aryl methyl sites for hydroxylation is 2. The predicted molar refractivity (Wildman–Crippen MR) is 112 cm³/mol. The molecule has 0 spiro atoms. The minimum Gasteiger partial charge on any atom is -0.349 e. The van der Waals surface area contributed by atoms with Gasteiger partial charge in [-0.1, -0.05) is 59.8 Å².